The predicted octanol–water partition coefficient (Wildman–Crippen LogP) is 4.29. The third-order valence-electron chi connectivity index (χ3n) is 3.54. The Balaban J connectivity index is 3.64. The molecule has 0 spiro atoms. The molecule has 17 heavy (non-hydrogen) atoms. The van der Waals surface area contributed by atoms with Gasteiger partial charge >= 0.3 is 0 Å². The SMILES string of the molecule is CCCC(C)(CCC)CCCCCNC(C)=O. The van der Waals surface area contributed by atoms with Gasteiger partial charge in [0.25, 0.3) is 0 Å². The van der Waals surface area contributed by atoms with Crippen molar-refractivity contribution in [3.8, 4) is 0 Å². The minimum Gasteiger partial charge on any atom is -0.356 e. The maximum absolute atomic E-state index is 10.7. The number of hydrogen-bond donors (Lipinski definition) is 1. The van der Waals surface area contributed by atoms with E-state index in [1.807, 2.05) is 0 Å². The zero-order valence-corrected chi connectivity index (χ0v) is 12.3. The third-order valence-corrected chi connectivity index (χ3v) is 3.54. The Kier molecular flexibility index (Phi) is 9.20. The van der Waals surface area contributed by atoms with Gasteiger partial charge in [0, 0.05) is 13.5 Å². The summed E-state index contributed by atoms with van der Waals surface area (Å²) in [5, 5.41) is 2.85. The van der Waals surface area contributed by atoms with Crippen molar-refractivity contribution in [1.29, 1.82) is 0 Å². The standard InChI is InChI=1S/C15H31NO/c1-5-10-15(4,11-6-2)12-8-7-9-13-16-14(3)17/h5-13H2,1-4H3,(H,16,17). The fourth-order valence-corrected chi connectivity index (χ4v) is 2.70. The summed E-state index contributed by atoms with van der Waals surface area (Å²) in [5.74, 6) is 0.0896. The molecule has 0 bridgehead atoms. The molecule has 0 radical (unpaired) electrons. The smallest absolute Gasteiger partial charge is 0.216 e. The van der Waals surface area contributed by atoms with Gasteiger partial charge in [0.2, 0.25) is 5.91 Å². The van der Waals surface area contributed by atoms with Crippen LogP contribution >= 0.6 is 0 Å². The quantitative estimate of drug-likeness (QED) is 0.568. The van der Waals surface area contributed by atoms with Crippen LogP contribution in [0.25, 0.3) is 0 Å². The lowest BCUT2D eigenvalue weighted by atomic mass is 9.77. The van der Waals surface area contributed by atoms with E-state index in [4.69, 9.17) is 0 Å². The summed E-state index contributed by atoms with van der Waals surface area (Å²) in [7, 11) is 0. The molecule has 102 valence electrons. The van der Waals surface area contributed by atoms with Gasteiger partial charge in [0.1, 0.15) is 0 Å². The lowest BCUT2D eigenvalue weighted by molar-refractivity contribution is -0.118. The van der Waals surface area contributed by atoms with E-state index in [9.17, 15) is 4.79 Å². The first-order chi connectivity index (χ1) is 8.04. The first-order valence-corrected chi connectivity index (χ1v) is 7.28. The van der Waals surface area contributed by atoms with Crippen molar-refractivity contribution in [3.05, 3.63) is 0 Å². The van der Waals surface area contributed by atoms with E-state index in [0.29, 0.717) is 5.41 Å². The molecule has 0 saturated carbocycles. The molecule has 0 rings (SSSR count). The number of hydrogen-bond acceptors (Lipinski definition) is 1. The molecule has 1 amide bonds. The van der Waals surface area contributed by atoms with Gasteiger partial charge < -0.3 is 5.32 Å². The van der Waals surface area contributed by atoms with Crippen molar-refractivity contribution in [2.45, 2.75) is 79.1 Å². The van der Waals surface area contributed by atoms with Crippen LogP contribution in [0.3, 0.4) is 0 Å². The van der Waals surface area contributed by atoms with Gasteiger partial charge in [-0.25, -0.2) is 0 Å². The highest BCUT2D eigenvalue weighted by Gasteiger charge is 2.21. The van der Waals surface area contributed by atoms with E-state index >= 15 is 0 Å². The summed E-state index contributed by atoms with van der Waals surface area (Å²) in [6.45, 7) is 9.43. The van der Waals surface area contributed by atoms with E-state index in [-0.39, 0.29) is 5.91 Å². The van der Waals surface area contributed by atoms with Crippen molar-refractivity contribution in [2.75, 3.05) is 6.54 Å². The molecule has 0 aromatic carbocycles. The largest absolute Gasteiger partial charge is 0.356 e. The van der Waals surface area contributed by atoms with Crippen LogP contribution < -0.4 is 5.32 Å². The summed E-state index contributed by atoms with van der Waals surface area (Å²) < 4.78 is 0. The Morgan fingerprint density at radius 1 is 1.00 bits per heavy atom. The second kappa shape index (κ2) is 9.49. The lowest BCUT2D eigenvalue weighted by Crippen LogP contribution is -2.21. The van der Waals surface area contributed by atoms with Crippen LogP contribution in [0.4, 0.5) is 0 Å². The summed E-state index contributed by atoms with van der Waals surface area (Å²) in [4.78, 5) is 10.7. The van der Waals surface area contributed by atoms with Crippen molar-refractivity contribution < 1.29 is 4.79 Å². The molecule has 0 aliphatic carbocycles. The molecule has 0 aliphatic rings. The number of amides is 1. The molecule has 0 saturated heterocycles. The second-order valence-corrected chi connectivity index (χ2v) is 5.60. The first-order valence-electron chi connectivity index (χ1n) is 7.28. The lowest BCUT2D eigenvalue weighted by Gasteiger charge is -2.29. The Bertz CT molecular complexity index is 195. The maximum Gasteiger partial charge on any atom is 0.216 e. The Morgan fingerprint density at radius 3 is 2.06 bits per heavy atom. The van der Waals surface area contributed by atoms with Gasteiger partial charge in [0.15, 0.2) is 0 Å². The molecular formula is C15H31NO. The molecule has 1 N–H and O–H groups in total. The van der Waals surface area contributed by atoms with Gasteiger partial charge in [-0.15, -0.1) is 0 Å². The van der Waals surface area contributed by atoms with Crippen molar-refractivity contribution in [2.24, 2.45) is 5.41 Å². The summed E-state index contributed by atoms with van der Waals surface area (Å²) in [5.41, 5.74) is 0.553. The van der Waals surface area contributed by atoms with Crippen LogP contribution in [-0.4, -0.2) is 12.5 Å². The van der Waals surface area contributed by atoms with E-state index < -0.39 is 0 Å². The van der Waals surface area contributed by atoms with E-state index in [1.165, 1.54) is 44.9 Å². The maximum atomic E-state index is 10.7. The Morgan fingerprint density at radius 2 is 1.59 bits per heavy atom. The summed E-state index contributed by atoms with van der Waals surface area (Å²) in [6, 6.07) is 0. The van der Waals surface area contributed by atoms with Gasteiger partial charge in [-0.3, -0.25) is 4.79 Å². The van der Waals surface area contributed by atoms with Crippen molar-refractivity contribution >= 4 is 5.91 Å². The average Bonchev–Trinajstić information content (AvgIpc) is 2.23. The third kappa shape index (κ3) is 9.20. The zero-order valence-electron chi connectivity index (χ0n) is 12.3. The molecule has 2 heteroatoms. The van der Waals surface area contributed by atoms with Crippen molar-refractivity contribution in [1.82, 2.24) is 5.32 Å². The fourth-order valence-electron chi connectivity index (χ4n) is 2.70. The minimum atomic E-state index is 0.0896. The minimum absolute atomic E-state index is 0.0896. The number of carbonyl (C=O) groups is 1. The van der Waals surface area contributed by atoms with Gasteiger partial charge in [0.05, 0.1) is 0 Å². The molecule has 0 unspecified atom stereocenters. The second-order valence-electron chi connectivity index (χ2n) is 5.60. The highest BCUT2D eigenvalue weighted by atomic mass is 16.1. The van der Waals surface area contributed by atoms with Crippen LogP contribution in [0.1, 0.15) is 79.1 Å². The monoisotopic (exact) mass is 241 g/mol. The number of rotatable bonds is 10. The zero-order chi connectivity index (χ0) is 13.1. The molecule has 2 nitrogen and oxygen atoms in total. The summed E-state index contributed by atoms with van der Waals surface area (Å²) in [6.07, 6.45) is 10.3. The van der Waals surface area contributed by atoms with E-state index in [2.05, 4.69) is 26.1 Å². The van der Waals surface area contributed by atoms with Crippen LogP contribution in [0, 0.1) is 5.41 Å². The molecule has 0 aromatic heterocycles. The average molecular weight is 241 g/mol. The van der Waals surface area contributed by atoms with Gasteiger partial charge in [-0.2, -0.15) is 0 Å². The highest BCUT2D eigenvalue weighted by molar-refractivity contribution is 5.72. The topological polar surface area (TPSA) is 29.1 Å². The normalized spacial score (nSPS) is 11.5. The Hall–Kier alpha value is -0.530. The highest BCUT2D eigenvalue weighted by Crippen LogP contribution is 2.34. The summed E-state index contributed by atoms with van der Waals surface area (Å²) >= 11 is 0. The van der Waals surface area contributed by atoms with E-state index in [1.54, 1.807) is 6.92 Å². The van der Waals surface area contributed by atoms with Crippen molar-refractivity contribution in [3.63, 3.8) is 0 Å². The number of carbonyl (C=O) groups excluding carboxylic acids is 1. The van der Waals surface area contributed by atoms with Crippen LogP contribution in [0.5, 0.6) is 0 Å². The van der Waals surface area contributed by atoms with Crippen LogP contribution in [0.15, 0.2) is 0 Å². The molecular weight excluding hydrogens is 210 g/mol. The fraction of sp³-hybridized carbons (Fsp3) is 0.933. The Labute approximate surface area is 108 Å². The molecule has 0 atom stereocenters. The number of unbranched alkanes of at least 4 members (excludes halogenated alkanes) is 2. The molecule has 0 fully saturated rings. The van der Waals surface area contributed by atoms with Crippen LogP contribution in [-0.2, 0) is 4.79 Å². The van der Waals surface area contributed by atoms with Gasteiger partial charge in [-0.05, 0) is 31.1 Å². The van der Waals surface area contributed by atoms with Gasteiger partial charge in [-0.1, -0.05) is 46.5 Å². The first kappa shape index (κ1) is 16.5. The molecule has 0 heterocycles. The molecule has 0 aliphatic heterocycles. The van der Waals surface area contributed by atoms with E-state index in [0.717, 1.165) is 13.0 Å². The number of nitrogens with one attached hydrogen (secondary N) is 1. The van der Waals surface area contributed by atoms with Crippen LogP contribution in [0.2, 0.25) is 0 Å². The predicted molar refractivity (Wildman–Crippen MR) is 75.1 cm³/mol. The molecule has 0 aromatic rings.